The van der Waals surface area contributed by atoms with Gasteiger partial charge in [0.25, 0.3) is 15.0 Å². The van der Waals surface area contributed by atoms with Crippen molar-refractivity contribution in [2.45, 2.75) is 43.9 Å². The van der Waals surface area contributed by atoms with Crippen LogP contribution < -0.4 is 5.32 Å². The summed E-state index contributed by atoms with van der Waals surface area (Å²) in [6.45, 7) is 2.40. The van der Waals surface area contributed by atoms with E-state index in [4.69, 9.17) is 10.7 Å². The van der Waals surface area contributed by atoms with Crippen LogP contribution in [0.2, 0.25) is 0 Å². The molecular formula is C15H20ClNO3S. The van der Waals surface area contributed by atoms with Gasteiger partial charge >= 0.3 is 0 Å². The molecule has 1 amide bonds. The summed E-state index contributed by atoms with van der Waals surface area (Å²) in [7, 11) is 1.54. The van der Waals surface area contributed by atoms with Crippen molar-refractivity contribution in [3.8, 4) is 0 Å². The van der Waals surface area contributed by atoms with E-state index < -0.39 is 9.05 Å². The molecule has 0 unspecified atom stereocenters. The van der Waals surface area contributed by atoms with Gasteiger partial charge < -0.3 is 5.32 Å². The second-order valence-corrected chi connectivity index (χ2v) is 8.19. The molecule has 0 atom stereocenters. The SMILES string of the molecule is Cc1cc(S(=O)(=O)Cl)ccc1C(=O)NCC1CCCCC1. The summed E-state index contributed by atoms with van der Waals surface area (Å²) in [6.07, 6.45) is 6.10. The van der Waals surface area contributed by atoms with E-state index in [-0.39, 0.29) is 10.8 Å². The lowest BCUT2D eigenvalue weighted by molar-refractivity contribution is 0.0943. The number of nitrogens with one attached hydrogen (secondary N) is 1. The number of carbonyl (C=O) groups is 1. The molecule has 1 aliphatic carbocycles. The summed E-state index contributed by atoms with van der Waals surface area (Å²) in [5.41, 5.74) is 1.10. The van der Waals surface area contributed by atoms with E-state index in [1.54, 1.807) is 6.92 Å². The van der Waals surface area contributed by atoms with Gasteiger partial charge in [-0.15, -0.1) is 0 Å². The van der Waals surface area contributed by atoms with Gasteiger partial charge in [-0.1, -0.05) is 19.3 Å². The number of aryl methyl sites for hydroxylation is 1. The van der Waals surface area contributed by atoms with Crippen LogP contribution in [0.1, 0.15) is 48.0 Å². The fourth-order valence-electron chi connectivity index (χ4n) is 2.77. The molecule has 1 N–H and O–H groups in total. The zero-order valence-electron chi connectivity index (χ0n) is 12.1. The molecule has 0 saturated heterocycles. The molecule has 0 bridgehead atoms. The van der Waals surface area contributed by atoms with Crippen LogP contribution in [0.4, 0.5) is 0 Å². The highest BCUT2D eigenvalue weighted by Gasteiger charge is 2.17. The standard InChI is InChI=1S/C15H20ClNO3S/c1-11-9-13(21(16,19)20)7-8-14(11)15(18)17-10-12-5-3-2-4-6-12/h7-9,12H,2-6,10H2,1H3,(H,17,18). The van der Waals surface area contributed by atoms with Crippen molar-refractivity contribution in [1.29, 1.82) is 0 Å². The number of carbonyl (C=O) groups excluding carboxylic acids is 1. The molecule has 116 valence electrons. The Morgan fingerprint density at radius 2 is 1.95 bits per heavy atom. The average Bonchev–Trinajstić information content (AvgIpc) is 2.45. The maximum atomic E-state index is 12.2. The Kier molecular flexibility index (Phi) is 5.27. The van der Waals surface area contributed by atoms with Gasteiger partial charge in [0, 0.05) is 22.8 Å². The van der Waals surface area contributed by atoms with Crippen molar-refractivity contribution in [1.82, 2.24) is 5.32 Å². The van der Waals surface area contributed by atoms with E-state index in [0.717, 1.165) is 0 Å². The van der Waals surface area contributed by atoms with Crippen molar-refractivity contribution >= 4 is 25.6 Å². The summed E-state index contributed by atoms with van der Waals surface area (Å²) >= 11 is 0. The monoisotopic (exact) mass is 329 g/mol. The Hall–Kier alpha value is -1.07. The zero-order chi connectivity index (χ0) is 15.5. The fraction of sp³-hybridized carbons (Fsp3) is 0.533. The quantitative estimate of drug-likeness (QED) is 0.862. The highest BCUT2D eigenvalue weighted by molar-refractivity contribution is 8.13. The average molecular weight is 330 g/mol. The third kappa shape index (κ3) is 4.45. The highest BCUT2D eigenvalue weighted by atomic mass is 35.7. The minimum absolute atomic E-state index is 0.0190. The smallest absolute Gasteiger partial charge is 0.261 e. The molecule has 0 aromatic heterocycles. The van der Waals surface area contributed by atoms with Gasteiger partial charge in [-0.25, -0.2) is 8.42 Å². The maximum Gasteiger partial charge on any atom is 0.261 e. The van der Waals surface area contributed by atoms with Crippen LogP contribution in [0.3, 0.4) is 0 Å². The molecule has 6 heteroatoms. The van der Waals surface area contributed by atoms with E-state index in [1.165, 1.54) is 50.3 Å². The van der Waals surface area contributed by atoms with Gasteiger partial charge in [0.05, 0.1) is 4.90 Å². The van der Waals surface area contributed by atoms with Crippen molar-refractivity contribution < 1.29 is 13.2 Å². The molecule has 1 aromatic rings. The van der Waals surface area contributed by atoms with Crippen LogP contribution in [0.15, 0.2) is 23.1 Å². The van der Waals surface area contributed by atoms with Gasteiger partial charge in [-0.05, 0) is 49.4 Å². The van der Waals surface area contributed by atoms with Crippen molar-refractivity contribution in [2.24, 2.45) is 5.92 Å². The summed E-state index contributed by atoms with van der Waals surface area (Å²) < 4.78 is 22.5. The molecule has 0 spiro atoms. The second kappa shape index (κ2) is 6.79. The lowest BCUT2D eigenvalue weighted by Gasteiger charge is -2.21. The largest absolute Gasteiger partial charge is 0.352 e. The lowest BCUT2D eigenvalue weighted by Crippen LogP contribution is -2.30. The number of hydrogen-bond acceptors (Lipinski definition) is 3. The van der Waals surface area contributed by atoms with Crippen molar-refractivity contribution in [3.05, 3.63) is 29.3 Å². The summed E-state index contributed by atoms with van der Waals surface area (Å²) in [5, 5.41) is 2.95. The van der Waals surface area contributed by atoms with Crippen molar-refractivity contribution in [2.75, 3.05) is 6.54 Å². The number of amides is 1. The number of hydrogen-bond donors (Lipinski definition) is 1. The molecule has 4 nitrogen and oxygen atoms in total. The van der Waals surface area contributed by atoms with Crippen LogP contribution in [0.25, 0.3) is 0 Å². The first-order chi connectivity index (χ1) is 9.88. The normalized spacial score (nSPS) is 16.7. The Labute approximate surface area is 130 Å². The van der Waals surface area contributed by atoms with Crippen LogP contribution in [0, 0.1) is 12.8 Å². The Morgan fingerprint density at radius 1 is 1.29 bits per heavy atom. The molecule has 1 aliphatic rings. The topological polar surface area (TPSA) is 63.2 Å². The molecule has 0 heterocycles. The molecular weight excluding hydrogens is 310 g/mol. The summed E-state index contributed by atoms with van der Waals surface area (Å²) in [6, 6.07) is 4.31. The third-order valence-electron chi connectivity index (χ3n) is 4.00. The van der Waals surface area contributed by atoms with E-state index in [1.807, 2.05) is 0 Å². The minimum atomic E-state index is -3.76. The predicted molar refractivity (Wildman–Crippen MR) is 83.1 cm³/mol. The Balaban J connectivity index is 2.02. The molecule has 0 radical (unpaired) electrons. The minimum Gasteiger partial charge on any atom is -0.352 e. The summed E-state index contributed by atoms with van der Waals surface area (Å²) in [5.74, 6) is 0.405. The molecule has 0 aliphatic heterocycles. The zero-order valence-corrected chi connectivity index (χ0v) is 13.6. The van der Waals surface area contributed by atoms with Gasteiger partial charge in [0.2, 0.25) is 0 Å². The van der Waals surface area contributed by atoms with Gasteiger partial charge in [0.15, 0.2) is 0 Å². The molecule has 1 fully saturated rings. The van der Waals surface area contributed by atoms with E-state index >= 15 is 0 Å². The van der Waals surface area contributed by atoms with E-state index in [9.17, 15) is 13.2 Å². The molecule has 1 saturated carbocycles. The van der Waals surface area contributed by atoms with Gasteiger partial charge in [0.1, 0.15) is 0 Å². The summed E-state index contributed by atoms with van der Waals surface area (Å²) in [4.78, 5) is 12.2. The van der Waals surface area contributed by atoms with E-state index in [2.05, 4.69) is 5.32 Å². The lowest BCUT2D eigenvalue weighted by atomic mass is 9.89. The molecule has 2 rings (SSSR count). The molecule has 21 heavy (non-hydrogen) atoms. The number of halogens is 1. The number of rotatable bonds is 4. The van der Waals surface area contributed by atoms with E-state index in [0.29, 0.717) is 23.6 Å². The van der Waals surface area contributed by atoms with Crippen LogP contribution in [0.5, 0.6) is 0 Å². The van der Waals surface area contributed by atoms with Crippen molar-refractivity contribution in [3.63, 3.8) is 0 Å². The maximum absolute atomic E-state index is 12.2. The molecule has 1 aromatic carbocycles. The first-order valence-electron chi connectivity index (χ1n) is 7.21. The predicted octanol–water partition coefficient (Wildman–Crippen LogP) is 3.23. The first kappa shape index (κ1) is 16.3. The third-order valence-corrected chi connectivity index (χ3v) is 5.35. The van der Waals surface area contributed by atoms with Crippen LogP contribution >= 0.6 is 10.7 Å². The Bertz CT molecular complexity index is 622. The highest BCUT2D eigenvalue weighted by Crippen LogP contribution is 2.23. The fourth-order valence-corrected chi connectivity index (χ4v) is 3.60. The van der Waals surface area contributed by atoms with Crippen LogP contribution in [-0.4, -0.2) is 20.9 Å². The van der Waals surface area contributed by atoms with Gasteiger partial charge in [-0.2, -0.15) is 0 Å². The number of benzene rings is 1. The second-order valence-electron chi connectivity index (χ2n) is 5.63. The first-order valence-corrected chi connectivity index (χ1v) is 9.52. The van der Waals surface area contributed by atoms with Crippen LogP contribution in [-0.2, 0) is 9.05 Å². The van der Waals surface area contributed by atoms with Gasteiger partial charge in [-0.3, -0.25) is 4.79 Å². The Morgan fingerprint density at radius 3 is 2.52 bits per heavy atom.